The fourth-order valence-corrected chi connectivity index (χ4v) is 4.61. The number of methoxy groups -OCH3 is 1. The van der Waals surface area contributed by atoms with Gasteiger partial charge < -0.3 is 9.64 Å². The molecule has 0 unspecified atom stereocenters. The molecule has 0 radical (unpaired) electrons. The van der Waals surface area contributed by atoms with Crippen molar-refractivity contribution in [3.8, 4) is 17.0 Å². The van der Waals surface area contributed by atoms with Gasteiger partial charge in [0, 0.05) is 28.1 Å². The maximum Gasteiger partial charge on any atom is 0.237 e. The Morgan fingerprint density at radius 3 is 2.78 bits per heavy atom. The third-order valence-electron chi connectivity index (χ3n) is 4.61. The van der Waals surface area contributed by atoms with E-state index >= 15 is 0 Å². The summed E-state index contributed by atoms with van der Waals surface area (Å²) in [4.78, 5) is 20.3. The van der Waals surface area contributed by atoms with E-state index in [0.29, 0.717) is 5.75 Å². The normalized spacial score (nSPS) is 12.9. The fourth-order valence-electron chi connectivity index (χ4n) is 3.21. The van der Waals surface area contributed by atoms with Gasteiger partial charge in [-0.1, -0.05) is 6.07 Å². The number of anilines is 1. The van der Waals surface area contributed by atoms with Gasteiger partial charge in [0.1, 0.15) is 5.75 Å². The van der Waals surface area contributed by atoms with Crippen LogP contribution >= 0.6 is 23.1 Å². The highest BCUT2D eigenvalue weighted by molar-refractivity contribution is 8.00. The molecule has 1 aliphatic rings. The highest BCUT2D eigenvalue weighted by Gasteiger charge is 2.25. The lowest BCUT2D eigenvalue weighted by Crippen LogP contribution is -2.30. The number of amides is 1. The van der Waals surface area contributed by atoms with Crippen molar-refractivity contribution in [3.63, 3.8) is 0 Å². The molecule has 3 aromatic rings. The van der Waals surface area contributed by atoms with Crippen LogP contribution in [0.1, 0.15) is 10.6 Å². The predicted octanol–water partition coefficient (Wildman–Crippen LogP) is 4.81. The van der Waals surface area contributed by atoms with Gasteiger partial charge in [-0.15, -0.1) is 23.1 Å². The largest absolute Gasteiger partial charge is 0.497 e. The van der Waals surface area contributed by atoms with Gasteiger partial charge in [-0.05, 0) is 55.3 Å². The number of hydrogen-bond donors (Lipinski definition) is 0. The van der Waals surface area contributed by atoms with Crippen LogP contribution in [0.4, 0.5) is 5.69 Å². The Bertz CT molecular complexity index is 967. The number of carbonyl (C=O) groups is 1. The van der Waals surface area contributed by atoms with E-state index < -0.39 is 0 Å². The maximum atomic E-state index is 12.7. The van der Waals surface area contributed by atoms with Crippen molar-refractivity contribution in [2.45, 2.75) is 18.2 Å². The minimum atomic E-state index is 0.145. The first-order valence-electron chi connectivity index (χ1n) is 8.76. The summed E-state index contributed by atoms with van der Waals surface area (Å²) >= 11 is 3.22. The maximum absolute atomic E-state index is 12.7. The van der Waals surface area contributed by atoms with E-state index in [9.17, 15) is 4.79 Å². The van der Waals surface area contributed by atoms with E-state index in [1.807, 2.05) is 36.1 Å². The van der Waals surface area contributed by atoms with Crippen molar-refractivity contribution in [1.29, 1.82) is 0 Å². The summed E-state index contributed by atoms with van der Waals surface area (Å²) in [6, 6.07) is 14.1. The number of nitrogens with zero attached hydrogens (tertiary/aromatic N) is 2. The van der Waals surface area contributed by atoms with Crippen LogP contribution in [0.25, 0.3) is 11.3 Å². The van der Waals surface area contributed by atoms with Crippen LogP contribution < -0.4 is 9.64 Å². The number of thiazole rings is 1. The molecule has 2 heterocycles. The number of benzene rings is 2. The fraction of sp³-hybridized carbons (Fsp3) is 0.238. The third kappa shape index (κ3) is 3.87. The number of rotatable bonds is 5. The molecule has 0 saturated heterocycles. The van der Waals surface area contributed by atoms with Crippen LogP contribution in [0.3, 0.4) is 0 Å². The number of aryl methyl sites for hydroxylation is 1. The van der Waals surface area contributed by atoms with Gasteiger partial charge in [0.2, 0.25) is 5.91 Å². The lowest BCUT2D eigenvalue weighted by atomic mass is 10.1. The van der Waals surface area contributed by atoms with Gasteiger partial charge >= 0.3 is 0 Å². The zero-order chi connectivity index (χ0) is 18.8. The third-order valence-corrected chi connectivity index (χ3v) is 6.38. The van der Waals surface area contributed by atoms with E-state index in [2.05, 4.69) is 28.6 Å². The van der Waals surface area contributed by atoms with Crippen LogP contribution in [0.15, 0.2) is 52.7 Å². The molecular formula is C21H20N2O2S2. The van der Waals surface area contributed by atoms with Gasteiger partial charge in [-0.3, -0.25) is 4.79 Å². The molecule has 0 bridgehead atoms. The Morgan fingerprint density at radius 2 is 2.07 bits per heavy atom. The van der Waals surface area contributed by atoms with Gasteiger partial charge in [0.05, 0.1) is 23.6 Å². The van der Waals surface area contributed by atoms with Crippen LogP contribution in [0, 0.1) is 6.92 Å². The summed E-state index contributed by atoms with van der Waals surface area (Å²) in [5.74, 6) is 1.40. The summed E-state index contributed by atoms with van der Waals surface area (Å²) in [5, 5.41) is 3.15. The quantitative estimate of drug-likeness (QED) is 0.581. The summed E-state index contributed by atoms with van der Waals surface area (Å²) in [6.45, 7) is 2.76. The second kappa shape index (κ2) is 7.74. The topological polar surface area (TPSA) is 42.4 Å². The molecule has 1 aromatic heterocycles. The molecule has 0 aliphatic carbocycles. The van der Waals surface area contributed by atoms with Crippen molar-refractivity contribution in [3.05, 3.63) is 58.4 Å². The number of thioether (sulfide) groups is 1. The highest BCUT2D eigenvalue weighted by atomic mass is 32.2. The van der Waals surface area contributed by atoms with E-state index in [4.69, 9.17) is 4.74 Å². The van der Waals surface area contributed by atoms with Gasteiger partial charge in [0.15, 0.2) is 0 Å². The lowest BCUT2D eigenvalue weighted by Gasteiger charge is -2.17. The molecule has 0 atom stereocenters. The van der Waals surface area contributed by atoms with E-state index in [1.165, 1.54) is 5.56 Å². The van der Waals surface area contributed by atoms with Crippen molar-refractivity contribution >= 4 is 34.7 Å². The number of carbonyl (C=O) groups excluding carboxylic acids is 1. The molecule has 6 heteroatoms. The second-order valence-electron chi connectivity index (χ2n) is 6.35. The Balaban J connectivity index is 1.44. The molecule has 27 heavy (non-hydrogen) atoms. The van der Waals surface area contributed by atoms with Crippen LogP contribution in [0.2, 0.25) is 0 Å². The number of fused-ring (bicyclic) bond motifs is 1. The number of aromatic nitrogens is 1. The standard InChI is InChI=1S/C21H20N2O2S2/c1-14-22-19(12-26-14)15-3-8-20-16(11-15)9-10-23(20)21(24)13-27-18-6-4-17(25-2)5-7-18/h3-8,11-12H,9-10,13H2,1-2H3. The molecule has 0 fully saturated rings. The average Bonchev–Trinajstić information content (AvgIpc) is 3.32. The van der Waals surface area contributed by atoms with Crippen molar-refractivity contribution in [1.82, 2.24) is 4.98 Å². The van der Waals surface area contributed by atoms with Gasteiger partial charge in [-0.2, -0.15) is 0 Å². The molecule has 4 nitrogen and oxygen atoms in total. The van der Waals surface area contributed by atoms with Crippen LogP contribution in [0.5, 0.6) is 5.75 Å². The Hall–Kier alpha value is -2.31. The molecule has 1 amide bonds. The Morgan fingerprint density at radius 1 is 1.26 bits per heavy atom. The number of ether oxygens (including phenoxy) is 1. The van der Waals surface area contributed by atoms with Gasteiger partial charge in [0.25, 0.3) is 0 Å². The monoisotopic (exact) mass is 396 g/mol. The van der Waals surface area contributed by atoms with Crippen molar-refractivity contribution in [2.75, 3.05) is 24.3 Å². The van der Waals surface area contributed by atoms with Gasteiger partial charge in [-0.25, -0.2) is 4.98 Å². The molecular weight excluding hydrogens is 376 g/mol. The molecule has 0 N–H and O–H groups in total. The first kappa shape index (κ1) is 18.1. The second-order valence-corrected chi connectivity index (χ2v) is 8.47. The van der Waals surface area contributed by atoms with Crippen molar-refractivity contribution in [2.24, 2.45) is 0 Å². The summed E-state index contributed by atoms with van der Waals surface area (Å²) in [7, 11) is 1.65. The molecule has 0 saturated carbocycles. The molecule has 138 valence electrons. The zero-order valence-electron chi connectivity index (χ0n) is 15.3. The van der Waals surface area contributed by atoms with Crippen LogP contribution in [-0.4, -0.2) is 30.3 Å². The first-order valence-corrected chi connectivity index (χ1v) is 10.6. The summed E-state index contributed by atoms with van der Waals surface area (Å²) in [6.07, 6.45) is 0.894. The molecule has 1 aliphatic heterocycles. The van der Waals surface area contributed by atoms with E-state index in [-0.39, 0.29) is 5.91 Å². The SMILES string of the molecule is COc1ccc(SCC(=O)N2CCc3cc(-c4csc(C)n4)ccc32)cc1. The molecule has 2 aromatic carbocycles. The highest BCUT2D eigenvalue weighted by Crippen LogP contribution is 2.33. The zero-order valence-corrected chi connectivity index (χ0v) is 16.9. The number of hydrogen-bond acceptors (Lipinski definition) is 5. The van der Waals surface area contributed by atoms with Crippen LogP contribution in [-0.2, 0) is 11.2 Å². The smallest absolute Gasteiger partial charge is 0.237 e. The average molecular weight is 397 g/mol. The lowest BCUT2D eigenvalue weighted by molar-refractivity contribution is -0.116. The summed E-state index contributed by atoms with van der Waals surface area (Å²) < 4.78 is 5.17. The minimum absolute atomic E-state index is 0.145. The van der Waals surface area contributed by atoms with E-state index in [1.54, 1.807) is 30.2 Å². The minimum Gasteiger partial charge on any atom is -0.497 e. The summed E-state index contributed by atoms with van der Waals surface area (Å²) in [5.41, 5.74) is 4.40. The molecule has 0 spiro atoms. The predicted molar refractivity (Wildman–Crippen MR) is 112 cm³/mol. The van der Waals surface area contributed by atoms with Crippen molar-refractivity contribution < 1.29 is 9.53 Å². The Labute approximate surface area is 167 Å². The Kier molecular flexibility index (Phi) is 5.18. The molecule has 4 rings (SSSR count). The van der Waals surface area contributed by atoms with E-state index in [0.717, 1.165) is 45.6 Å². The first-order chi connectivity index (χ1) is 13.1.